The summed E-state index contributed by atoms with van der Waals surface area (Å²) in [5.74, 6) is -2.87. The minimum Gasteiger partial charge on any atom is -0.480 e. The van der Waals surface area contributed by atoms with Crippen molar-refractivity contribution in [2.45, 2.75) is 50.7 Å². The Kier molecular flexibility index (Phi) is 11.1. The summed E-state index contributed by atoms with van der Waals surface area (Å²) >= 11 is 0. The van der Waals surface area contributed by atoms with E-state index in [1.807, 2.05) is 6.07 Å². The van der Waals surface area contributed by atoms with Crippen molar-refractivity contribution in [1.82, 2.24) is 16.0 Å². The Hall–Kier alpha value is -2.98. The molecular weight excluding hydrogens is 390 g/mol. The fourth-order valence-electron chi connectivity index (χ4n) is 2.66. The second kappa shape index (κ2) is 13.3. The molecular formula is C20H31N5O5. The Morgan fingerprint density at radius 3 is 2.23 bits per heavy atom. The minimum absolute atomic E-state index is 0.161. The number of unbranched alkanes of at least 4 members (excludes halogenated alkanes) is 1. The van der Waals surface area contributed by atoms with Crippen LogP contribution in [0.5, 0.6) is 0 Å². The molecule has 1 aromatic rings. The number of carbonyl (C=O) groups is 4. The number of benzene rings is 1. The second-order valence-corrected chi connectivity index (χ2v) is 7.00. The molecule has 0 fully saturated rings. The van der Waals surface area contributed by atoms with Gasteiger partial charge in [-0.05, 0) is 38.3 Å². The summed E-state index contributed by atoms with van der Waals surface area (Å²) in [4.78, 5) is 48.0. The molecule has 30 heavy (non-hydrogen) atoms. The molecule has 10 nitrogen and oxygen atoms in total. The summed E-state index contributed by atoms with van der Waals surface area (Å²) in [6.07, 6.45) is 1.58. The van der Waals surface area contributed by atoms with Crippen molar-refractivity contribution in [2.75, 3.05) is 13.1 Å². The van der Waals surface area contributed by atoms with Gasteiger partial charge in [0.1, 0.15) is 12.1 Å². The first-order chi connectivity index (χ1) is 14.2. The molecule has 0 aliphatic carbocycles. The standard InChI is InChI=1S/C20H31N5O5/c1-13(22)18(27)23-12-17(26)24-16(11-14-7-3-2-4-8-14)19(28)25-15(20(29)30)9-5-6-10-21/h2-4,7-8,13,15-16H,5-6,9-12,21-22H2,1H3,(H,23,27)(H,24,26)(H,25,28)(H,29,30). The highest BCUT2D eigenvalue weighted by Crippen LogP contribution is 2.06. The predicted octanol–water partition coefficient (Wildman–Crippen LogP) is -1.12. The lowest BCUT2D eigenvalue weighted by atomic mass is 10.0. The largest absolute Gasteiger partial charge is 0.480 e. The molecule has 10 heteroatoms. The number of carbonyl (C=O) groups excluding carboxylic acids is 3. The number of rotatable bonds is 13. The van der Waals surface area contributed by atoms with Crippen LogP contribution >= 0.6 is 0 Å². The van der Waals surface area contributed by atoms with Gasteiger partial charge < -0.3 is 32.5 Å². The van der Waals surface area contributed by atoms with Crippen LogP contribution in [0.4, 0.5) is 0 Å². The van der Waals surface area contributed by atoms with Crippen LogP contribution < -0.4 is 27.4 Å². The molecule has 8 N–H and O–H groups in total. The maximum Gasteiger partial charge on any atom is 0.326 e. The van der Waals surface area contributed by atoms with Crippen molar-refractivity contribution < 1.29 is 24.3 Å². The molecule has 0 spiro atoms. The van der Waals surface area contributed by atoms with Gasteiger partial charge in [0.2, 0.25) is 17.7 Å². The van der Waals surface area contributed by atoms with E-state index in [1.165, 1.54) is 6.92 Å². The lowest BCUT2D eigenvalue weighted by Crippen LogP contribution is -2.54. The van der Waals surface area contributed by atoms with E-state index in [4.69, 9.17) is 11.5 Å². The minimum atomic E-state index is -1.16. The third kappa shape index (κ3) is 9.48. The van der Waals surface area contributed by atoms with Crippen LogP contribution in [-0.2, 0) is 25.6 Å². The highest BCUT2D eigenvalue weighted by atomic mass is 16.4. The van der Waals surface area contributed by atoms with E-state index in [1.54, 1.807) is 24.3 Å². The fourth-order valence-corrected chi connectivity index (χ4v) is 2.66. The highest BCUT2D eigenvalue weighted by molar-refractivity contribution is 5.92. The Bertz CT molecular complexity index is 711. The van der Waals surface area contributed by atoms with Crippen LogP contribution in [0.25, 0.3) is 0 Å². The topological polar surface area (TPSA) is 177 Å². The average Bonchev–Trinajstić information content (AvgIpc) is 2.71. The number of nitrogens with two attached hydrogens (primary N) is 2. The number of hydrogen-bond acceptors (Lipinski definition) is 6. The number of carboxylic acids is 1. The summed E-state index contributed by atoms with van der Waals surface area (Å²) in [7, 11) is 0. The van der Waals surface area contributed by atoms with Crippen LogP contribution in [0.3, 0.4) is 0 Å². The lowest BCUT2D eigenvalue weighted by Gasteiger charge is -2.22. The van der Waals surface area contributed by atoms with Gasteiger partial charge in [-0.1, -0.05) is 30.3 Å². The zero-order valence-corrected chi connectivity index (χ0v) is 17.1. The molecule has 1 rings (SSSR count). The van der Waals surface area contributed by atoms with Gasteiger partial charge in [0, 0.05) is 6.42 Å². The van der Waals surface area contributed by atoms with Crippen molar-refractivity contribution in [3.63, 3.8) is 0 Å². The van der Waals surface area contributed by atoms with E-state index in [9.17, 15) is 24.3 Å². The number of hydrogen-bond donors (Lipinski definition) is 6. The first kappa shape index (κ1) is 25.1. The number of carboxylic acid groups (broad SMARTS) is 1. The Morgan fingerprint density at radius 2 is 1.67 bits per heavy atom. The Labute approximate surface area is 175 Å². The van der Waals surface area contributed by atoms with Gasteiger partial charge in [0.05, 0.1) is 12.6 Å². The summed E-state index contributed by atoms with van der Waals surface area (Å²) in [6, 6.07) is 6.12. The van der Waals surface area contributed by atoms with Gasteiger partial charge in [-0.15, -0.1) is 0 Å². The molecule has 0 aliphatic rings. The van der Waals surface area contributed by atoms with E-state index >= 15 is 0 Å². The molecule has 3 atom stereocenters. The Balaban J connectivity index is 2.82. The summed E-state index contributed by atoms with van der Waals surface area (Å²) in [5.41, 5.74) is 11.6. The first-order valence-electron chi connectivity index (χ1n) is 9.84. The Morgan fingerprint density at radius 1 is 1.00 bits per heavy atom. The van der Waals surface area contributed by atoms with Crippen LogP contribution in [0.2, 0.25) is 0 Å². The SMILES string of the molecule is CC(N)C(=O)NCC(=O)NC(Cc1ccccc1)C(=O)NC(CCCCN)C(=O)O. The number of nitrogens with one attached hydrogen (secondary N) is 3. The van der Waals surface area contributed by atoms with E-state index in [0.717, 1.165) is 5.56 Å². The molecule has 0 radical (unpaired) electrons. The second-order valence-electron chi connectivity index (χ2n) is 7.00. The molecule has 0 bridgehead atoms. The molecule has 3 unspecified atom stereocenters. The van der Waals surface area contributed by atoms with Gasteiger partial charge in [0.25, 0.3) is 0 Å². The highest BCUT2D eigenvalue weighted by Gasteiger charge is 2.26. The third-order valence-corrected chi connectivity index (χ3v) is 4.33. The van der Waals surface area contributed by atoms with Crippen molar-refractivity contribution in [3.05, 3.63) is 35.9 Å². The maximum atomic E-state index is 12.8. The maximum absolute atomic E-state index is 12.8. The van der Waals surface area contributed by atoms with E-state index in [2.05, 4.69) is 16.0 Å². The number of aliphatic carboxylic acids is 1. The molecule has 0 aromatic heterocycles. The van der Waals surface area contributed by atoms with Gasteiger partial charge in [-0.2, -0.15) is 0 Å². The van der Waals surface area contributed by atoms with Gasteiger partial charge in [0.15, 0.2) is 0 Å². The number of amides is 3. The fraction of sp³-hybridized carbons (Fsp3) is 0.500. The molecule has 0 heterocycles. The van der Waals surface area contributed by atoms with Crippen LogP contribution in [-0.4, -0.2) is 60.0 Å². The quantitative estimate of drug-likeness (QED) is 0.218. The third-order valence-electron chi connectivity index (χ3n) is 4.33. The predicted molar refractivity (Wildman–Crippen MR) is 111 cm³/mol. The average molecular weight is 421 g/mol. The van der Waals surface area contributed by atoms with Gasteiger partial charge in [-0.25, -0.2) is 4.79 Å². The van der Waals surface area contributed by atoms with Crippen LogP contribution in [0.1, 0.15) is 31.7 Å². The van der Waals surface area contributed by atoms with Crippen molar-refractivity contribution >= 4 is 23.7 Å². The van der Waals surface area contributed by atoms with Gasteiger partial charge >= 0.3 is 5.97 Å². The summed E-state index contributed by atoms with van der Waals surface area (Å²) in [5, 5.41) is 16.8. The van der Waals surface area contributed by atoms with Crippen molar-refractivity contribution in [2.24, 2.45) is 11.5 Å². The smallest absolute Gasteiger partial charge is 0.326 e. The van der Waals surface area contributed by atoms with E-state index < -0.39 is 41.8 Å². The summed E-state index contributed by atoms with van der Waals surface area (Å²) < 4.78 is 0. The molecule has 1 aromatic carbocycles. The molecule has 0 aliphatic heterocycles. The zero-order chi connectivity index (χ0) is 22.5. The zero-order valence-electron chi connectivity index (χ0n) is 17.1. The monoisotopic (exact) mass is 421 g/mol. The van der Waals surface area contributed by atoms with E-state index in [0.29, 0.717) is 19.4 Å². The molecule has 0 saturated carbocycles. The molecule has 0 saturated heterocycles. The first-order valence-corrected chi connectivity index (χ1v) is 9.84. The van der Waals surface area contributed by atoms with Gasteiger partial charge in [-0.3, -0.25) is 14.4 Å². The molecule has 166 valence electrons. The van der Waals surface area contributed by atoms with Crippen molar-refractivity contribution in [1.29, 1.82) is 0 Å². The lowest BCUT2D eigenvalue weighted by molar-refractivity contribution is -0.142. The van der Waals surface area contributed by atoms with Crippen LogP contribution in [0.15, 0.2) is 30.3 Å². The normalized spacial score (nSPS) is 13.6. The van der Waals surface area contributed by atoms with E-state index in [-0.39, 0.29) is 19.4 Å². The van der Waals surface area contributed by atoms with Crippen LogP contribution in [0, 0.1) is 0 Å². The molecule has 3 amide bonds. The van der Waals surface area contributed by atoms with Crippen molar-refractivity contribution in [3.8, 4) is 0 Å². The summed E-state index contributed by atoms with van der Waals surface area (Å²) in [6.45, 7) is 1.56.